The van der Waals surface area contributed by atoms with E-state index in [2.05, 4.69) is 4.74 Å². The van der Waals surface area contributed by atoms with Gasteiger partial charge >= 0.3 is 5.97 Å². The molecular weight excluding hydrogens is 174 g/mol. The Labute approximate surface area is 77.3 Å². The summed E-state index contributed by atoms with van der Waals surface area (Å²) in [6.45, 7) is 2.03. The van der Waals surface area contributed by atoms with Crippen LogP contribution in [-0.2, 0) is 14.3 Å². The van der Waals surface area contributed by atoms with E-state index in [-0.39, 0.29) is 12.5 Å². The highest BCUT2D eigenvalue weighted by atomic mass is 16.5. The minimum Gasteiger partial charge on any atom is -0.480 e. The molecule has 0 aromatic carbocycles. The maximum atomic E-state index is 11.1. The van der Waals surface area contributed by atoms with Gasteiger partial charge in [-0.2, -0.15) is 0 Å². The number of carboxylic acids is 1. The van der Waals surface area contributed by atoms with Crippen molar-refractivity contribution < 1.29 is 19.4 Å². The summed E-state index contributed by atoms with van der Waals surface area (Å²) >= 11 is 0. The number of carbonyl (C=O) groups is 2. The molecular formula is C8H15NO4. The average Bonchev–Trinajstić information content (AvgIpc) is 2.04. The SMILES string of the molecule is CCCN(C)C(=O)COCC(=O)O. The first-order valence-corrected chi connectivity index (χ1v) is 4.11. The van der Waals surface area contributed by atoms with Gasteiger partial charge in [-0.25, -0.2) is 4.79 Å². The van der Waals surface area contributed by atoms with E-state index >= 15 is 0 Å². The summed E-state index contributed by atoms with van der Waals surface area (Å²) < 4.78 is 4.63. The number of ether oxygens (including phenoxy) is 1. The molecule has 0 aliphatic carbocycles. The lowest BCUT2D eigenvalue weighted by atomic mass is 10.4. The molecule has 5 heteroatoms. The van der Waals surface area contributed by atoms with Gasteiger partial charge < -0.3 is 14.7 Å². The molecule has 0 radical (unpaired) electrons. The molecule has 0 aromatic rings. The number of likely N-dealkylation sites (N-methyl/N-ethyl adjacent to an activating group) is 1. The van der Waals surface area contributed by atoms with Crippen LogP contribution < -0.4 is 0 Å². The number of hydrogen-bond acceptors (Lipinski definition) is 3. The van der Waals surface area contributed by atoms with Crippen LogP contribution in [0.1, 0.15) is 13.3 Å². The first kappa shape index (κ1) is 11.9. The molecule has 0 atom stereocenters. The van der Waals surface area contributed by atoms with Crippen molar-refractivity contribution >= 4 is 11.9 Å². The molecule has 0 fully saturated rings. The molecule has 76 valence electrons. The first-order valence-electron chi connectivity index (χ1n) is 4.11. The van der Waals surface area contributed by atoms with E-state index in [1.54, 1.807) is 7.05 Å². The lowest BCUT2D eigenvalue weighted by molar-refractivity contribution is -0.145. The fourth-order valence-corrected chi connectivity index (χ4v) is 0.796. The molecule has 0 bridgehead atoms. The smallest absolute Gasteiger partial charge is 0.329 e. The van der Waals surface area contributed by atoms with E-state index in [4.69, 9.17) is 5.11 Å². The van der Waals surface area contributed by atoms with Crippen molar-refractivity contribution in [1.29, 1.82) is 0 Å². The minimum atomic E-state index is -1.06. The Morgan fingerprint density at radius 1 is 1.38 bits per heavy atom. The summed E-state index contributed by atoms with van der Waals surface area (Å²) in [6.07, 6.45) is 0.876. The number of nitrogens with zero attached hydrogens (tertiary/aromatic N) is 1. The lowest BCUT2D eigenvalue weighted by Crippen LogP contribution is -2.31. The van der Waals surface area contributed by atoms with Crippen LogP contribution in [0.3, 0.4) is 0 Å². The number of rotatable bonds is 6. The van der Waals surface area contributed by atoms with Crippen LogP contribution in [-0.4, -0.2) is 48.7 Å². The Morgan fingerprint density at radius 3 is 2.46 bits per heavy atom. The third-order valence-corrected chi connectivity index (χ3v) is 1.44. The quantitative estimate of drug-likeness (QED) is 0.636. The highest BCUT2D eigenvalue weighted by molar-refractivity contribution is 5.77. The van der Waals surface area contributed by atoms with Crippen LogP contribution in [0.2, 0.25) is 0 Å². The predicted octanol–water partition coefficient (Wildman–Crippen LogP) is -0.0440. The molecule has 0 aliphatic heterocycles. The Balaban J connectivity index is 3.55. The maximum Gasteiger partial charge on any atom is 0.329 e. The van der Waals surface area contributed by atoms with Crippen LogP contribution in [0.15, 0.2) is 0 Å². The van der Waals surface area contributed by atoms with Crippen molar-refractivity contribution in [1.82, 2.24) is 4.90 Å². The highest BCUT2D eigenvalue weighted by Gasteiger charge is 2.08. The molecule has 5 nitrogen and oxygen atoms in total. The number of carboxylic acid groups (broad SMARTS) is 1. The van der Waals surface area contributed by atoms with Gasteiger partial charge in [-0.05, 0) is 6.42 Å². The maximum absolute atomic E-state index is 11.1. The van der Waals surface area contributed by atoms with Crippen molar-refractivity contribution in [2.24, 2.45) is 0 Å². The molecule has 0 aliphatic rings. The normalized spacial score (nSPS) is 9.69. The molecule has 1 amide bonds. The number of hydrogen-bond donors (Lipinski definition) is 1. The van der Waals surface area contributed by atoms with Crippen LogP contribution >= 0.6 is 0 Å². The Kier molecular flexibility index (Phi) is 5.88. The second-order valence-corrected chi connectivity index (χ2v) is 2.70. The third-order valence-electron chi connectivity index (χ3n) is 1.44. The molecule has 1 N–H and O–H groups in total. The van der Waals surface area contributed by atoms with Gasteiger partial charge in [-0.3, -0.25) is 4.79 Å². The Hall–Kier alpha value is -1.10. The fourth-order valence-electron chi connectivity index (χ4n) is 0.796. The lowest BCUT2D eigenvalue weighted by Gasteiger charge is -2.15. The van der Waals surface area contributed by atoms with Crippen molar-refractivity contribution in [3.63, 3.8) is 0 Å². The largest absolute Gasteiger partial charge is 0.480 e. The molecule has 0 aromatic heterocycles. The molecule has 0 unspecified atom stereocenters. The third kappa shape index (κ3) is 6.10. The Morgan fingerprint density at radius 2 is 2.00 bits per heavy atom. The predicted molar refractivity (Wildman–Crippen MR) is 46.4 cm³/mol. The minimum absolute atomic E-state index is 0.164. The molecule has 13 heavy (non-hydrogen) atoms. The molecule has 0 heterocycles. The number of aliphatic carboxylic acids is 1. The van der Waals surface area contributed by atoms with Gasteiger partial charge in [-0.15, -0.1) is 0 Å². The molecule has 0 saturated carbocycles. The fraction of sp³-hybridized carbons (Fsp3) is 0.750. The average molecular weight is 189 g/mol. The second-order valence-electron chi connectivity index (χ2n) is 2.70. The standard InChI is InChI=1S/C8H15NO4/c1-3-4-9(2)7(10)5-13-6-8(11)12/h3-6H2,1-2H3,(H,11,12). The van der Waals surface area contributed by atoms with E-state index < -0.39 is 12.6 Å². The zero-order valence-corrected chi connectivity index (χ0v) is 7.95. The summed E-state index contributed by atoms with van der Waals surface area (Å²) in [7, 11) is 1.66. The van der Waals surface area contributed by atoms with E-state index in [0.29, 0.717) is 6.54 Å². The van der Waals surface area contributed by atoms with Gasteiger partial charge in [0.2, 0.25) is 5.91 Å². The van der Waals surface area contributed by atoms with Gasteiger partial charge in [0.25, 0.3) is 0 Å². The summed E-state index contributed by atoms with van der Waals surface area (Å²) in [5.74, 6) is -1.26. The van der Waals surface area contributed by atoms with Crippen molar-refractivity contribution in [2.75, 3.05) is 26.8 Å². The molecule has 0 saturated heterocycles. The van der Waals surface area contributed by atoms with Crippen molar-refractivity contribution in [3.05, 3.63) is 0 Å². The van der Waals surface area contributed by atoms with Crippen LogP contribution in [0.4, 0.5) is 0 Å². The van der Waals surface area contributed by atoms with Crippen LogP contribution in [0, 0.1) is 0 Å². The van der Waals surface area contributed by atoms with Gasteiger partial charge in [0, 0.05) is 13.6 Å². The monoisotopic (exact) mass is 189 g/mol. The van der Waals surface area contributed by atoms with Gasteiger partial charge in [0.05, 0.1) is 0 Å². The zero-order valence-electron chi connectivity index (χ0n) is 7.95. The summed E-state index contributed by atoms with van der Waals surface area (Å²) in [6, 6.07) is 0. The van der Waals surface area contributed by atoms with E-state index in [1.807, 2.05) is 6.92 Å². The van der Waals surface area contributed by atoms with Gasteiger partial charge in [0.15, 0.2) is 0 Å². The summed E-state index contributed by atoms with van der Waals surface area (Å²) in [5, 5.41) is 8.22. The van der Waals surface area contributed by atoms with Gasteiger partial charge in [0.1, 0.15) is 13.2 Å². The summed E-state index contributed by atoms with van der Waals surface area (Å²) in [4.78, 5) is 22.7. The van der Waals surface area contributed by atoms with Crippen LogP contribution in [0.25, 0.3) is 0 Å². The highest BCUT2D eigenvalue weighted by Crippen LogP contribution is 1.88. The zero-order chi connectivity index (χ0) is 10.3. The topological polar surface area (TPSA) is 66.8 Å². The Bertz CT molecular complexity index is 181. The van der Waals surface area contributed by atoms with E-state index in [1.165, 1.54) is 4.90 Å². The number of amides is 1. The van der Waals surface area contributed by atoms with E-state index in [9.17, 15) is 9.59 Å². The number of carbonyl (C=O) groups excluding carboxylic acids is 1. The molecule has 0 spiro atoms. The van der Waals surface area contributed by atoms with Gasteiger partial charge in [-0.1, -0.05) is 6.92 Å². The van der Waals surface area contributed by atoms with Crippen LogP contribution in [0.5, 0.6) is 0 Å². The van der Waals surface area contributed by atoms with Crippen molar-refractivity contribution in [3.8, 4) is 0 Å². The first-order chi connectivity index (χ1) is 6.07. The van der Waals surface area contributed by atoms with E-state index in [0.717, 1.165) is 6.42 Å². The van der Waals surface area contributed by atoms with Crippen molar-refractivity contribution in [2.45, 2.75) is 13.3 Å². The second kappa shape index (κ2) is 6.42. The molecule has 0 rings (SSSR count). The summed E-state index contributed by atoms with van der Waals surface area (Å²) in [5.41, 5.74) is 0.